The van der Waals surface area contributed by atoms with Crippen LogP contribution in [0.15, 0.2) is 84.0 Å². The number of amides is 1. The summed E-state index contributed by atoms with van der Waals surface area (Å²) in [6, 6.07) is 25.1. The van der Waals surface area contributed by atoms with Crippen LogP contribution in [0.3, 0.4) is 0 Å². The van der Waals surface area contributed by atoms with Crippen LogP contribution in [0.25, 0.3) is 11.0 Å². The molecule has 8 nitrogen and oxygen atoms in total. The fraction of sp³-hybridized carbons (Fsp3) is 0.436. The zero-order chi connectivity index (χ0) is 34.1. The van der Waals surface area contributed by atoms with Gasteiger partial charge >= 0.3 is 11.9 Å². The van der Waals surface area contributed by atoms with Gasteiger partial charge in [0.15, 0.2) is 5.16 Å². The van der Waals surface area contributed by atoms with Gasteiger partial charge in [0.05, 0.1) is 29.1 Å². The molecule has 0 bridgehead atoms. The fourth-order valence-corrected chi connectivity index (χ4v) is 7.41. The number of rotatable bonds is 13. The molecular weight excluding hydrogens is 623 g/mol. The first-order chi connectivity index (χ1) is 23.1. The number of carbonyl (C=O) groups excluding carboxylic acids is 3. The van der Waals surface area contributed by atoms with E-state index in [1.54, 1.807) is 30.8 Å². The monoisotopic (exact) mass is 669 g/mol. The molecule has 5 rings (SSSR count). The highest BCUT2D eigenvalue weighted by Crippen LogP contribution is 2.38. The Morgan fingerprint density at radius 2 is 1.62 bits per heavy atom. The SMILES string of the molecule is CCOC(=O)c1ccc(N(CCCSc2nc3ccccc3n2CC(=O)OC(C)(C)C)C(=O)C(c2ccccc2)C2CCCCC2)cc1. The van der Waals surface area contributed by atoms with Crippen molar-refractivity contribution in [3.8, 4) is 0 Å². The lowest BCUT2D eigenvalue weighted by Crippen LogP contribution is -2.39. The number of anilines is 1. The zero-order valence-electron chi connectivity index (χ0n) is 28.5. The van der Waals surface area contributed by atoms with Crippen LogP contribution in [-0.4, -0.2) is 51.9 Å². The van der Waals surface area contributed by atoms with E-state index in [0.717, 1.165) is 53.1 Å². The first kappa shape index (κ1) is 35.2. The van der Waals surface area contributed by atoms with E-state index in [4.69, 9.17) is 14.5 Å². The molecule has 1 unspecified atom stereocenters. The molecule has 254 valence electrons. The maximum absolute atomic E-state index is 14.7. The predicted octanol–water partition coefficient (Wildman–Crippen LogP) is 8.43. The normalized spacial score (nSPS) is 14.4. The summed E-state index contributed by atoms with van der Waals surface area (Å²) in [7, 11) is 0. The molecule has 48 heavy (non-hydrogen) atoms. The summed E-state index contributed by atoms with van der Waals surface area (Å²) >= 11 is 1.57. The number of benzene rings is 3. The zero-order valence-corrected chi connectivity index (χ0v) is 29.3. The van der Waals surface area contributed by atoms with E-state index in [0.29, 0.717) is 30.9 Å². The number of aromatic nitrogens is 2. The van der Waals surface area contributed by atoms with Gasteiger partial charge in [-0.2, -0.15) is 0 Å². The average molecular weight is 670 g/mol. The summed E-state index contributed by atoms with van der Waals surface area (Å²) in [5.74, 6) is 0.0993. The highest BCUT2D eigenvalue weighted by atomic mass is 32.2. The van der Waals surface area contributed by atoms with Gasteiger partial charge in [-0.1, -0.05) is 73.5 Å². The van der Waals surface area contributed by atoms with Crippen molar-refractivity contribution >= 4 is 46.3 Å². The van der Waals surface area contributed by atoms with Gasteiger partial charge in [0.1, 0.15) is 12.1 Å². The number of fused-ring (bicyclic) bond motifs is 1. The lowest BCUT2D eigenvalue weighted by atomic mass is 9.76. The third-order valence-corrected chi connectivity index (χ3v) is 9.65. The molecule has 1 atom stereocenters. The largest absolute Gasteiger partial charge is 0.462 e. The third-order valence-electron chi connectivity index (χ3n) is 8.59. The van der Waals surface area contributed by atoms with Crippen LogP contribution in [0.4, 0.5) is 5.69 Å². The Bertz CT molecular complexity index is 1670. The summed E-state index contributed by atoms with van der Waals surface area (Å²) in [6.07, 6.45) is 6.24. The fourth-order valence-electron chi connectivity index (χ4n) is 6.48. The minimum Gasteiger partial charge on any atom is -0.462 e. The van der Waals surface area contributed by atoms with Gasteiger partial charge in [0.25, 0.3) is 0 Å². The molecule has 1 heterocycles. The number of thioether (sulfide) groups is 1. The maximum atomic E-state index is 14.7. The standard InChI is InChI=1S/C39H47N3O5S/c1-5-46-37(45)30-21-23-31(24-22-30)41(36(44)35(28-15-8-6-9-16-28)29-17-10-7-11-18-29)25-14-26-48-38-40-32-19-12-13-20-33(32)42(38)27-34(43)47-39(2,3)4/h6,8-9,12-13,15-16,19-24,29,35H,5,7,10-11,14,17-18,25-27H2,1-4H3. The van der Waals surface area contributed by atoms with Crippen molar-refractivity contribution in [3.63, 3.8) is 0 Å². The maximum Gasteiger partial charge on any atom is 0.338 e. The van der Waals surface area contributed by atoms with Gasteiger partial charge in [0.2, 0.25) is 5.91 Å². The van der Waals surface area contributed by atoms with E-state index in [9.17, 15) is 14.4 Å². The Hall–Kier alpha value is -4.11. The van der Waals surface area contributed by atoms with E-state index < -0.39 is 5.60 Å². The molecular formula is C39H47N3O5S. The van der Waals surface area contributed by atoms with Gasteiger partial charge in [-0.3, -0.25) is 9.59 Å². The van der Waals surface area contributed by atoms with Gasteiger partial charge in [-0.15, -0.1) is 0 Å². The molecule has 0 N–H and O–H groups in total. The Kier molecular flexibility index (Phi) is 12.0. The van der Waals surface area contributed by atoms with E-state index in [-0.39, 0.29) is 36.2 Å². The smallest absolute Gasteiger partial charge is 0.338 e. The van der Waals surface area contributed by atoms with Crippen molar-refractivity contribution in [2.24, 2.45) is 5.92 Å². The van der Waals surface area contributed by atoms with Gasteiger partial charge in [-0.05, 0) is 94.8 Å². The second-order valence-corrected chi connectivity index (χ2v) is 14.4. The Balaban J connectivity index is 1.38. The molecule has 1 aromatic heterocycles. The van der Waals surface area contributed by atoms with Gasteiger partial charge in [0, 0.05) is 18.0 Å². The first-order valence-electron chi connectivity index (χ1n) is 17.1. The van der Waals surface area contributed by atoms with Crippen LogP contribution >= 0.6 is 11.8 Å². The summed E-state index contributed by atoms with van der Waals surface area (Å²) in [5, 5.41) is 0.739. The summed E-state index contributed by atoms with van der Waals surface area (Å²) < 4.78 is 12.7. The number of hydrogen-bond acceptors (Lipinski definition) is 7. The highest BCUT2D eigenvalue weighted by molar-refractivity contribution is 7.99. The average Bonchev–Trinajstić information content (AvgIpc) is 3.41. The molecule has 1 fully saturated rings. The molecule has 0 radical (unpaired) electrons. The topological polar surface area (TPSA) is 90.7 Å². The second kappa shape index (κ2) is 16.3. The second-order valence-electron chi connectivity index (χ2n) is 13.3. The quantitative estimate of drug-likeness (QED) is 0.0802. The number of esters is 2. The lowest BCUT2D eigenvalue weighted by molar-refractivity contribution is -0.155. The molecule has 4 aromatic rings. The summed E-state index contributed by atoms with van der Waals surface area (Å²) in [6.45, 7) is 8.23. The highest BCUT2D eigenvalue weighted by Gasteiger charge is 2.34. The van der Waals surface area contributed by atoms with E-state index in [1.165, 1.54) is 6.42 Å². The van der Waals surface area contributed by atoms with Gasteiger partial charge < -0.3 is 18.9 Å². The van der Waals surface area contributed by atoms with Crippen LogP contribution < -0.4 is 4.90 Å². The molecule has 1 aliphatic rings. The molecule has 1 saturated carbocycles. The minimum absolute atomic E-state index is 0.0671. The number of ether oxygens (including phenoxy) is 2. The molecule has 1 aliphatic carbocycles. The van der Waals surface area contributed by atoms with Gasteiger partial charge in [-0.25, -0.2) is 9.78 Å². The van der Waals surface area contributed by atoms with Crippen molar-refractivity contribution < 1.29 is 23.9 Å². The van der Waals surface area contributed by atoms with E-state index in [1.807, 2.05) is 84.8 Å². The minimum atomic E-state index is -0.583. The number of imidazole rings is 1. The molecule has 1 amide bonds. The Morgan fingerprint density at radius 3 is 2.31 bits per heavy atom. The molecule has 0 spiro atoms. The van der Waals surface area contributed by atoms with Crippen molar-refractivity contribution in [2.45, 2.75) is 89.4 Å². The van der Waals surface area contributed by atoms with E-state index in [2.05, 4.69) is 12.1 Å². The molecule has 3 aromatic carbocycles. The van der Waals surface area contributed by atoms with Crippen LogP contribution in [0.5, 0.6) is 0 Å². The summed E-state index contributed by atoms with van der Waals surface area (Å²) in [4.78, 5) is 46.6. The Morgan fingerprint density at radius 1 is 0.938 bits per heavy atom. The van der Waals surface area contributed by atoms with E-state index >= 15 is 0 Å². The lowest BCUT2D eigenvalue weighted by Gasteiger charge is -2.34. The van der Waals surface area contributed by atoms with Crippen LogP contribution in [0.2, 0.25) is 0 Å². The molecule has 0 aliphatic heterocycles. The number of para-hydroxylation sites is 2. The first-order valence-corrected chi connectivity index (χ1v) is 18.1. The summed E-state index contributed by atoms with van der Waals surface area (Å²) in [5.41, 5.74) is 3.38. The predicted molar refractivity (Wildman–Crippen MR) is 191 cm³/mol. The molecule has 0 saturated heterocycles. The number of hydrogen-bond donors (Lipinski definition) is 0. The van der Waals surface area contributed by atoms with Crippen LogP contribution in [0.1, 0.15) is 88.1 Å². The third kappa shape index (κ3) is 9.07. The number of carbonyl (C=O) groups is 3. The van der Waals surface area contributed by atoms with Crippen LogP contribution in [0, 0.1) is 5.92 Å². The van der Waals surface area contributed by atoms with Crippen molar-refractivity contribution in [1.29, 1.82) is 0 Å². The number of nitrogens with zero attached hydrogens (tertiary/aromatic N) is 3. The van der Waals surface area contributed by atoms with Crippen molar-refractivity contribution in [2.75, 3.05) is 23.8 Å². The van der Waals surface area contributed by atoms with Crippen molar-refractivity contribution in [1.82, 2.24) is 9.55 Å². The Labute approximate surface area is 288 Å². The van der Waals surface area contributed by atoms with Crippen LogP contribution in [-0.2, 0) is 25.6 Å². The van der Waals surface area contributed by atoms with Crippen molar-refractivity contribution in [3.05, 3.63) is 90.0 Å². The molecule has 9 heteroatoms.